The molecule has 0 bridgehead atoms. The Kier molecular flexibility index (Phi) is 12.4. The number of aliphatic hydroxyl groups excluding tert-OH is 2. The van der Waals surface area contributed by atoms with E-state index in [4.69, 9.17) is 0 Å². The molecule has 0 aromatic rings. The highest BCUT2D eigenvalue weighted by atomic mass is 16.3. The molecule has 1 fully saturated rings. The lowest BCUT2D eigenvalue weighted by atomic mass is 9.84. The molecule has 0 unspecified atom stereocenters. The molecule has 1 rings (SSSR count). The second-order valence-electron chi connectivity index (χ2n) is 10.7. The number of aliphatic hydroxyl groups is 2. The quantitative estimate of drug-likeness (QED) is 0.262. The molecule has 0 heterocycles. The van der Waals surface area contributed by atoms with E-state index in [0.717, 1.165) is 44.4 Å². The van der Waals surface area contributed by atoms with Gasteiger partial charge < -0.3 is 10.2 Å². The Bertz CT molecular complexity index is 495. The number of ketones is 1. The molecule has 1 aliphatic rings. The highest BCUT2D eigenvalue weighted by Gasteiger charge is 2.22. The zero-order chi connectivity index (χ0) is 21.9. The molecular formula is C26H48O3. The zero-order valence-electron chi connectivity index (χ0n) is 19.9. The van der Waals surface area contributed by atoms with Gasteiger partial charge in [-0.05, 0) is 57.3 Å². The Morgan fingerprint density at radius 1 is 0.897 bits per heavy atom. The van der Waals surface area contributed by atoms with Crippen molar-refractivity contribution in [1.82, 2.24) is 0 Å². The SMILES string of the molecule is C/C(CCC(=O)CCCCC[C@@H](O)CC1CCCCC1)=C(/C)C[C@@H](O)C(C)(C)C. The highest BCUT2D eigenvalue weighted by molar-refractivity contribution is 5.78. The van der Waals surface area contributed by atoms with Crippen LogP contribution in [0.15, 0.2) is 11.1 Å². The fourth-order valence-electron chi connectivity index (χ4n) is 4.24. The number of carbonyl (C=O) groups excluding carboxylic acids is 1. The van der Waals surface area contributed by atoms with Gasteiger partial charge in [0.05, 0.1) is 12.2 Å². The van der Waals surface area contributed by atoms with Crippen molar-refractivity contribution in [2.75, 3.05) is 0 Å². The fraction of sp³-hybridized carbons (Fsp3) is 0.885. The minimum atomic E-state index is -0.346. The molecule has 3 nitrogen and oxygen atoms in total. The third-order valence-electron chi connectivity index (χ3n) is 6.83. The summed E-state index contributed by atoms with van der Waals surface area (Å²) in [5, 5.41) is 20.5. The fourth-order valence-corrected chi connectivity index (χ4v) is 4.24. The van der Waals surface area contributed by atoms with E-state index >= 15 is 0 Å². The summed E-state index contributed by atoms with van der Waals surface area (Å²) in [6, 6.07) is 0. The van der Waals surface area contributed by atoms with Crippen LogP contribution in [0.4, 0.5) is 0 Å². The minimum Gasteiger partial charge on any atom is -0.393 e. The summed E-state index contributed by atoms with van der Waals surface area (Å²) in [5.41, 5.74) is 2.35. The van der Waals surface area contributed by atoms with Crippen LogP contribution in [0.2, 0.25) is 0 Å². The first-order chi connectivity index (χ1) is 13.6. The number of carbonyl (C=O) groups is 1. The first-order valence-corrected chi connectivity index (χ1v) is 12.1. The van der Waals surface area contributed by atoms with Crippen molar-refractivity contribution in [2.45, 2.75) is 137 Å². The Labute approximate surface area is 180 Å². The van der Waals surface area contributed by atoms with Crippen LogP contribution in [0.5, 0.6) is 0 Å². The first kappa shape index (κ1) is 26.4. The molecule has 0 spiro atoms. The number of allylic oxidation sites excluding steroid dienone is 1. The average Bonchev–Trinajstić information content (AvgIpc) is 2.65. The first-order valence-electron chi connectivity index (χ1n) is 12.1. The van der Waals surface area contributed by atoms with Gasteiger partial charge >= 0.3 is 0 Å². The lowest BCUT2D eigenvalue weighted by molar-refractivity contribution is -0.119. The maximum Gasteiger partial charge on any atom is 0.133 e. The predicted octanol–water partition coefficient (Wildman–Crippen LogP) is 6.75. The van der Waals surface area contributed by atoms with Crippen LogP contribution in [0.3, 0.4) is 0 Å². The summed E-state index contributed by atoms with van der Waals surface area (Å²) in [5.74, 6) is 1.08. The van der Waals surface area contributed by atoms with E-state index in [1.54, 1.807) is 0 Å². The van der Waals surface area contributed by atoms with E-state index in [1.165, 1.54) is 43.3 Å². The Morgan fingerprint density at radius 2 is 1.55 bits per heavy atom. The molecule has 0 saturated heterocycles. The normalized spacial score (nSPS) is 19.0. The van der Waals surface area contributed by atoms with E-state index in [9.17, 15) is 15.0 Å². The van der Waals surface area contributed by atoms with Gasteiger partial charge in [0, 0.05) is 12.8 Å². The van der Waals surface area contributed by atoms with Gasteiger partial charge in [-0.1, -0.05) is 76.9 Å². The molecule has 2 atom stereocenters. The number of unbranched alkanes of at least 4 members (excludes halogenated alkanes) is 2. The average molecular weight is 409 g/mol. The van der Waals surface area contributed by atoms with Gasteiger partial charge in [-0.2, -0.15) is 0 Å². The van der Waals surface area contributed by atoms with Crippen molar-refractivity contribution in [3.05, 3.63) is 11.1 Å². The third kappa shape index (κ3) is 11.9. The molecule has 0 aromatic heterocycles. The summed E-state index contributed by atoms with van der Waals surface area (Å²) in [4.78, 5) is 12.2. The predicted molar refractivity (Wildman–Crippen MR) is 123 cm³/mol. The van der Waals surface area contributed by atoms with Crippen molar-refractivity contribution in [3.8, 4) is 0 Å². The van der Waals surface area contributed by atoms with E-state index in [1.807, 2.05) is 0 Å². The molecular weight excluding hydrogens is 360 g/mol. The monoisotopic (exact) mass is 408 g/mol. The van der Waals surface area contributed by atoms with Crippen LogP contribution in [-0.4, -0.2) is 28.2 Å². The van der Waals surface area contributed by atoms with Gasteiger partial charge in [-0.3, -0.25) is 4.79 Å². The van der Waals surface area contributed by atoms with Crippen molar-refractivity contribution in [3.63, 3.8) is 0 Å². The molecule has 29 heavy (non-hydrogen) atoms. The smallest absolute Gasteiger partial charge is 0.133 e. The van der Waals surface area contributed by atoms with Crippen molar-refractivity contribution in [1.29, 1.82) is 0 Å². The van der Waals surface area contributed by atoms with E-state index < -0.39 is 0 Å². The van der Waals surface area contributed by atoms with Crippen molar-refractivity contribution < 1.29 is 15.0 Å². The van der Waals surface area contributed by atoms with Crippen LogP contribution in [0.25, 0.3) is 0 Å². The van der Waals surface area contributed by atoms with Crippen LogP contribution in [0, 0.1) is 11.3 Å². The maximum absolute atomic E-state index is 12.2. The van der Waals surface area contributed by atoms with Crippen LogP contribution in [0.1, 0.15) is 125 Å². The Morgan fingerprint density at radius 3 is 2.17 bits per heavy atom. The van der Waals surface area contributed by atoms with E-state index in [0.29, 0.717) is 25.0 Å². The minimum absolute atomic E-state index is 0.110. The Balaban J connectivity index is 2.13. The van der Waals surface area contributed by atoms with E-state index in [-0.39, 0.29) is 17.6 Å². The molecule has 0 aliphatic heterocycles. The summed E-state index contributed by atoms with van der Waals surface area (Å²) < 4.78 is 0. The lowest BCUT2D eigenvalue weighted by Crippen LogP contribution is -2.26. The topological polar surface area (TPSA) is 57.5 Å². The van der Waals surface area contributed by atoms with E-state index in [2.05, 4.69) is 34.6 Å². The molecule has 170 valence electrons. The summed E-state index contributed by atoms with van der Waals surface area (Å²) >= 11 is 0. The van der Waals surface area contributed by atoms with Gasteiger partial charge in [0.25, 0.3) is 0 Å². The van der Waals surface area contributed by atoms with Gasteiger partial charge in [0.2, 0.25) is 0 Å². The molecule has 3 heteroatoms. The number of rotatable bonds is 13. The zero-order valence-corrected chi connectivity index (χ0v) is 19.9. The molecule has 0 aromatic carbocycles. The summed E-state index contributed by atoms with van der Waals surface area (Å²) in [7, 11) is 0. The summed E-state index contributed by atoms with van der Waals surface area (Å²) in [6.07, 6.45) is 13.8. The third-order valence-corrected chi connectivity index (χ3v) is 6.83. The standard InChI is InChI=1S/C26H48O3/c1-20(21(2)18-25(29)26(3,4)5)16-17-23(27)14-10-7-11-15-24(28)19-22-12-8-6-9-13-22/h22,24-25,28-29H,6-19H2,1-5H3/b21-20+/t24-,25-/m1/s1. The van der Waals surface area contributed by atoms with Crippen molar-refractivity contribution in [2.24, 2.45) is 11.3 Å². The van der Waals surface area contributed by atoms with Crippen LogP contribution >= 0.6 is 0 Å². The van der Waals surface area contributed by atoms with Crippen LogP contribution in [-0.2, 0) is 4.79 Å². The maximum atomic E-state index is 12.2. The van der Waals surface area contributed by atoms with Crippen molar-refractivity contribution >= 4 is 5.78 Å². The molecule has 2 N–H and O–H groups in total. The number of hydrogen-bond acceptors (Lipinski definition) is 3. The van der Waals surface area contributed by atoms with Gasteiger partial charge in [-0.15, -0.1) is 0 Å². The molecule has 0 radical (unpaired) electrons. The van der Waals surface area contributed by atoms with Gasteiger partial charge in [0.1, 0.15) is 5.78 Å². The molecule has 1 saturated carbocycles. The number of Topliss-reactive ketones (excluding diaryl/α,β-unsaturated/α-hetero) is 1. The Hall–Kier alpha value is -0.670. The molecule has 1 aliphatic carbocycles. The van der Waals surface area contributed by atoms with Gasteiger partial charge in [0.15, 0.2) is 0 Å². The number of hydrogen-bond donors (Lipinski definition) is 2. The van der Waals surface area contributed by atoms with Crippen LogP contribution < -0.4 is 0 Å². The lowest BCUT2D eigenvalue weighted by Gasteiger charge is -2.26. The van der Waals surface area contributed by atoms with Gasteiger partial charge in [-0.25, -0.2) is 0 Å². The molecule has 0 amide bonds. The second kappa shape index (κ2) is 13.6. The largest absolute Gasteiger partial charge is 0.393 e. The highest BCUT2D eigenvalue weighted by Crippen LogP contribution is 2.28. The second-order valence-corrected chi connectivity index (χ2v) is 10.7. The summed E-state index contributed by atoms with van der Waals surface area (Å²) in [6.45, 7) is 10.3.